The number of amides is 3. The Labute approximate surface area is 247 Å². The summed E-state index contributed by atoms with van der Waals surface area (Å²) in [4.78, 5) is 43.7. The fourth-order valence-electron chi connectivity index (χ4n) is 6.24. The molecule has 1 N–H and O–H groups in total. The molecular formula is C33H43F2N3O4. The molecule has 2 fully saturated rings. The second-order valence-corrected chi connectivity index (χ2v) is 13.1. The van der Waals surface area contributed by atoms with E-state index in [1.807, 2.05) is 18.7 Å². The molecular weight excluding hydrogens is 540 g/mol. The molecule has 42 heavy (non-hydrogen) atoms. The van der Waals surface area contributed by atoms with Crippen molar-refractivity contribution >= 4 is 17.9 Å². The number of nitrogens with one attached hydrogen (secondary N) is 1. The van der Waals surface area contributed by atoms with Crippen molar-refractivity contribution < 1.29 is 27.9 Å². The van der Waals surface area contributed by atoms with E-state index in [4.69, 9.17) is 4.74 Å². The SMILES string of the molecule is CC(C)C[C@@H](C(=O)N1CC2C(NC(=O)C(c3ccc(F)cc3)c3ccc(F)cc3)CC[C@@H]2C1)N(C)C(=O)OC(C)(C)C. The van der Waals surface area contributed by atoms with Crippen LogP contribution in [-0.4, -0.2) is 65.5 Å². The van der Waals surface area contributed by atoms with Crippen molar-refractivity contribution in [3.8, 4) is 0 Å². The molecule has 4 atom stereocenters. The Balaban J connectivity index is 1.48. The lowest BCUT2D eigenvalue weighted by Gasteiger charge is -2.33. The summed E-state index contributed by atoms with van der Waals surface area (Å²) in [5, 5.41) is 3.22. The van der Waals surface area contributed by atoms with Gasteiger partial charge in [-0.3, -0.25) is 14.5 Å². The second kappa shape index (κ2) is 12.8. The number of likely N-dealkylation sites (tertiary alicyclic amines) is 1. The van der Waals surface area contributed by atoms with Crippen LogP contribution in [0.4, 0.5) is 13.6 Å². The van der Waals surface area contributed by atoms with Crippen molar-refractivity contribution in [3.05, 3.63) is 71.3 Å². The van der Waals surface area contributed by atoms with Gasteiger partial charge in [0.2, 0.25) is 11.8 Å². The highest BCUT2D eigenvalue weighted by Crippen LogP contribution is 2.39. The van der Waals surface area contributed by atoms with Gasteiger partial charge in [0.15, 0.2) is 0 Å². The molecule has 3 amide bonds. The zero-order chi connectivity index (χ0) is 30.8. The van der Waals surface area contributed by atoms with Crippen molar-refractivity contribution in [2.45, 2.75) is 77.5 Å². The minimum atomic E-state index is -0.734. The van der Waals surface area contributed by atoms with E-state index < -0.39 is 35.3 Å². The number of likely N-dealkylation sites (N-methyl/N-ethyl adjacent to an activating group) is 1. The van der Waals surface area contributed by atoms with Gasteiger partial charge in [0.1, 0.15) is 23.3 Å². The molecule has 1 saturated carbocycles. The number of hydrogen-bond acceptors (Lipinski definition) is 4. The molecule has 0 bridgehead atoms. The minimum absolute atomic E-state index is 0.0755. The van der Waals surface area contributed by atoms with Crippen LogP contribution in [0.2, 0.25) is 0 Å². The highest BCUT2D eigenvalue weighted by Gasteiger charge is 2.47. The average molecular weight is 584 g/mol. The largest absolute Gasteiger partial charge is 0.444 e. The molecule has 2 aliphatic rings. The smallest absolute Gasteiger partial charge is 0.410 e. The summed E-state index contributed by atoms with van der Waals surface area (Å²) in [5.41, 5.74) is 0.548. The number of carbonyl (C=O) groups excluding carboxylic acids is 3. The second-order valence-electron chi connectivity index (χ2n) is 13.1. The maximum atomic E-state index is 13.8. The van der Waals surface area contributed by atoms with E-state index in [0.29, 0.717) is 30.6 Å². The van der Waals surface area contributed by atoms with E-state index in [1.54, 1.807) is 52.1 Å². The van der Waals surface area contributed by atoms with E-state index in [2.05, 4.69) is 5.32 Å². The van der Waals surface area contributed by atoms with Gasteiger partial charge in [-0.05, 0) is 87.3 Å². The van der Waals surface area contributed by atoms with Crippen molar-refractivity contribution in [1.82, 2.24) is 15.1 Å². The predicted octanol–water partition coefficient (Wildman–Crippen LogP) is 5.73. The molecule has 1 saturated heterocycles. The first-order valence-electron chi connectivity index (χ1n) is 14.8. The van der Waals surface area contributed by atoms with Crippen molar-refractivity contribution in [3.63, 3.8) is 0 Å². The number of rotatable bonds is 8. The summed E-state index contributed by atoms with van der Waals surface area (Å²) in [6.07, 6.45) is 1.64. The molecule has 1 heterocycles. The fourth-order valence-corrected chi connectivity index (χ4v) is 6.24. The highest BCUT2D eigenvalue weighted by atomic mass is 19.1. The maximum absolute atomic E-state index is 13.8. The Morgan fingerprint density at radius 1 is 0.952 bits per heavy atom. The number of nitrogens with zero attached hydrogens (tertiary/aromatic N) is 2. The standard InChI is InChI=1S/C33H43F2N3O4/c1-20(2)17-28(37(6)32(41)42-33(3,4)5)31(40)38-18-23-11-16-27(26(23)19-38)36-30(39)29(21-7-12-24(34)13-8-21)22-9-14-25(35)15-10-22/h7-10,12-15,20,23,26-29H,11,16-19H2,1-6H3,(H,36,39)/t23-,26?,27?,28+/m1/s1. The average Bonchev–Trinajstić information content (AvgIpc) is 3.50. The lowest BCUT2D eigenvalue weighted by Crippen LogP contribution is -2.51. The first-order valence-corrected chi connectivity index (χ1v) is 14.8. The van der Waals surface area contributed by atoms with Gasteiger partial charge in [-0.2, -0.15) is 0 Å². The molecule has 0 radical (unpaired) electrons. The molecule has 2 aromatic rings. The van der Waals surface area contributed by atoms with Gasteiger partial charge < -0.3 is 15.0 Å². The molecule has 0 spiro atoms. The molecule has 9 heteroatoms. The van der Waals surface area contributed by atoms with E-state index in [9.17, 15) is 23.2 Å². The van der Waals surface area contributed by atoms with Crippen LogP contribution >= 0.6 is 0 Å². The van der Waals surface area contributed by atoms with Gasteiger partial charge in [0, 0.05) is 32.1 Å². The van der Waals surface area contributed by atoms with Crippen LogP contribution in [0.1, 0.15) is 70.9 Å². The van der Waals surface area contributed by atoms with Crippen LogP contribution in [0.25, 0.3) is 0 Å². The normalized spacial score (nSPS) is 20.9. The Morgan fingerprint density at radius 3 is 2.00 bits per heavy atom. The first kappa shape index (κ1) is 31.4. The highest BCUT2D eigenvalue weighted by molar-refractivity contribution is 5.88. The summed E-state index contributed by atoms with van der Waals surface area (Å²) >= 11 is 0. The Hall–Kier alpha value is -3.49. The van der Waals surface area contributed by atoms with Crippen LogP contribution in [0, 0.1) is 29.4 Å². The molecule has 4 rings (SSSR count). The third kappa shape index (κ3) is 7.47. The van der Waals surface area contributed by atoms with Crippen molar-refractivity contribution in [1.29, 1.82) is 0 Å². The van der Waals surface area contributed by atoms with Crippen LogP contribution in [0.15, 0.2) is 48.5 Å². The number of carbonyl (C=O) groups is 3. The van der Waals surface area contributed by atoms with Crippen molar-refractivity contribution in [2.24, 2.45) is 17.8 Å². The monoisotopic (exact) mass is 583 g/mol. The van der Waals surface area contributed by atoms with Gasteiger partial charge in [-0.25, -0.2) is 13.6 Å². The third-order valence-corrected chi connectivity index (χ3v) is 8.29. The number of benzene rings is 2. The molecule has 7 nitrogen and oxygen atoms in total. The van der Waals surface area contributed by atoms with Crippen molar-refractivity contribution in [2.75, 3.05) is 20.1 Å². The fraction of sp³-hybridized carbons (Fsp3) is 0.545. The molecule has 0 aromatic heterocycles. The predicted molar refractivity (Wildman–Crippen MR) is 157 cm³/mol. The maximum Gasteiger partial charge on any atom is 0.410 e. The third-order valence-electron chi connectivity index (χ3n) is 8.29. The number of fused-ring (bicyclic) bond motifs is 1. The molecule has 1 aliphatic heterocycles. The lowest BCUT2D eigenvalue weighted by molar-refractivity contribution is -0.136. The van der Waals surface area contributed by atoms with Gasteiger partial charge in [0.25, 0.3) is 0 Å². The molecule has 228 valence electrons. The summed E-state index contributed by atoms with van der Waals surface area (Å²) in [6.45, 7) is 10.5. The summed E-state index contributed by atoms with van der Waals surface area (Å²) < 4.78 is 32.9. The van der Waals surface area contributed by atoms with Gasteiger partial charge in [0.05, 0.1) is 5.92 Å². The lowest BCUT2D eigenvalue weighted by atomic mass is 9.89. The minimum Gasteiger partial charge on any atom is -0.444 e. The van der Waals surface area contributed by atoms with Gasteiger partial charge in [-0.1, -0.05) is 38.1 Å². The van der Waals surface area contributed by atoms with Crippen LogP contribution in [-0.2, 0) is 14.3 Å². The van der Waals surface area contributed by atoms with Crippen LogP contribution in [0.3, 0.4) is 0 Å². The van der Waals surface area contributed by atoms with Gasteiger partial charge in [-0.15, -0.1) is 0 Å². The van der Waals surface area contributed by atoms with E-state index >= 15 is 0 Å². The molecule has 2 aromatic carbocycles. The van der Waals surface area contributed by atoms with E-state index in [0.717, 1.165) is 12.8 Å². The molecule has 1 aliphatic carbocycles. The molecule has 2 unspecified atom stereocenters. The Morgan fingerprint density at radius 2 is 1.50 bits per heavy atom. The number of halogens is 2. The first-order chi connectivity index (χ1) is 19.7. The summed E-state index contributed by atoms with van der Waals surface area (Å²) in [6, 6.07) is 10.8. The summed E-state index contributed by atoms with van der Waals surface area (Å²) in [7, 11) is 1.62. The van der Waals surface area contributed by atoms with E-state index in [-0.39, 0.29) is 35.6 Å². The van der Waals surface area contributed by atoms with Crippen LogP contribution in [0.5, 0.6) is 0 Å². The topological polar surface area (TPSA) is 79.0 Å². The number of ether oxygens (including phenoxy) is 1. The Kier molecular flexibility index (Phi) is 9.58. The number of hydrogen-bond donors (Lipinski definition) is 1. The Bertz CT molecular complexity index is 1210. The zero-order valence-corrected chi connectivity index (χ0v) is 25.4. The quantitative estimate of drug-likeness (QED) is 0.431. The van der Waals surface area contributed by atoms with E-state index in [1.165, 1.54) is 29.2 Å². The summed E-state index contributed by atoms with van der Waals surface area (Å²) in [5.74, 6) is -1.39. The van der Waals surface area contributed by atoms with Crippen LogP contribution < -0.4 is 5.32 Å². The van der Waals surface area contributed by atoms with Gasteiger partial charge >= 0.3 is 6.09 Å². The zero-order valence-electron chi connectivity index (χ0n) is 25.4.